The third-order valence-corrected chi connectivity index (χ3v) is 3.50. The van der Waals surface area contributed by atoms with Gasteiger partial charge in [0.25, 0.3) is 0 Å². The molecule has 0 unspecified atom stereocenters. The van der Waals surface area contributed by atoms with Crippen LogP contribution in [0.1, 0.15) is 0 Å². The number of nitrogens with zero attached hydrogens (tertiary/aromatic N) is 12. The van der Waals surface area contributed by atoms with Gasteiger partial charge in [-0.1, -0.05) is 5.65 Å². The van der Waals surface area contributed by atoms with Crippen LogP contribution in [-0.4, -0.2) is 48.9 Å². The second kappa shape index (κ2) is 5.63. The van der Waals surface area contributed by atoms with Gasteiger partial charge in [-0.3, -0.25) is 44.9 Å². The van der Waals surface area contributed by atoms with Crippen molar-refractivity contribution in [2.75, 3.05) is 0 Å². The predicted octanol–water partition coefficient (Wildman–Crippen LogP) is -3.77. The molecule has 0 atom stereocenters. The first-order valence-electron chi connectivity index (χ1n) is 6.80. The van der Waals surface area contributed by atoms with Crippen LogP contribution in [0.15, 0.2) is 4.63 Å². The second-order valence-corrected chi connectivity index (χ2v) is 4.95. The third-order valence-electron chi connectivity index (χ3n) is 3.50. The Hall–Kier alpha value is -5.24. The lowest BCUT2D eigenvalue weighted by molar-refractivity contribution is -0.548. The molecular weight excluding hydrogens is 408 g/mol. The highest BCUT2D eigenvalue weighted by atomic mass is 16.7. The van der Waals surface area contributed by atoms with Crippen molar-refractivity contribution in [3.05, 3.63) is 51.4 Å². The maximum Gasteiger partial charge on any atom is 0.604 e. The van der Waals surface area contributed by atoms with Gasteiger partial charge in [-0.25, -0.2) is 0 Å². The van der Waals surface area contributed by atoms with Crippen molar-refractivity contribution >= 4 is 34.2 Å². The summed E-state index contributed by atoms with van der Waals surface area (Å²) in [4.78, 5) is 38.9. The van der Waals surface area contributed by atoms with E-state index in [1.807, 2.05) is 0 Å². The number of rotatable bonds is 4. The summed E-state index contributed by atoms with van der Waals surface area (Å²) in [6.07, 6.45) is 0. The molecule has 4 aromatic rings. The lowest BCUT2D eigenvalue weighted by Gasteiger charge is -2.09. The van der Waals surface area contributed by atoms with E-state index in [4.69, 9.17) is 0 Å². The average Bonchev–Trinajstić information content (AvgIpc) is 3.30. The molecule has 4 aromatic heterocycles. The van der Waals surface area contributed by atoms with E-state index in [2.05, 4.69) is 35.3 Å². The third kappa shape index (κ3) is 2.20. The molecule has 0 amide bonds. The van der Waals surface area contributed by atoms with Gasteiger partial charge in [0.1, 0.15) is 19.7 Å². The summed E-state index contributed by atoms with van der Waals surface area (Å²) >= 11 is 0. The summed E-state index contributed by atoms with van der Waals surface area (Å²) in [5, 5.41) is 64.9. The maximum atomic E-state index is 11.1. The van der Waals surface area contributed by atoms with Crippen LogP contribution >= 0.6 is 0 Å². The highest BCUT2D eigenvalue weighted by Gasteiger charge is 2.32. The molecule has 0 saturated carbocycles. The van der Waals surface area contributed by atoms with Gasteiger partial charge in [-0.05, 0) is 0 Å². The second-order valence-electron chi connectivity index (χ2n) is 4.95. The van der Waals surface area contributed by atoms with Gasteiger partial charge in [-0.15, -0.1) is 15.3 Å². The van der Waals surface area contributed by atoms with Gasteiger partial charge in [-0.2, -0.15) is 5.10 Å². The van der Waals surface area contributed by atoms with E-state index >= 15 is 0 Å². The Morgan fingerprint density at radius 2 is 1.03 bits per heavy atom. The quantitative estimate of drug-likeness (QED) is 0.231. The summed E-state index contributed by atoms with van der Waals surface area (Å²) < 4.78 is 5.84. The first kappa shape index (κ1) is 17.2. The molecule has 4 rings (SSSR count). The lowest BCUT2D eigenvalue weighted by Crippen LogP contribution is -2.28. The Balaban J connectivity index is 2.37. The molecule has 0 aromatic carbocycles. The monoisotopic (exact) mass is 408 g/mol. The van der Waals surface area contributed by atoms with Crippen LogP contribution in [0.4, 0.5) is 0 Å². The maximum absolute atomic E-state index is 11.1. The predicted molar refractivity (Wildman–Crippen MR) is 78.8 cm³/mol. The molecule has 21 nitrogen and oxygen atoms in total. The van der Waals surface area contributed by atoms with Crippen molar-refractivity contribution < 1.29 is 24.3 Å². The Morgan fingerprint density at radius 3 is 1.34 bits per heavy atom. The van der Waals surface area contributed by atoms with Crippen LogP contribution < -0.4 is 21.3 Å². The van der Waals surface area contributed by atoms with E-state index in [0.717, 1.165) is 0 Å². The van der Waals surface area contributed by atoms with Gasteiger partial charge in [0.15, 0.2) is 5.65 Å². The summed E-state index contributed by atoms with van der Waals surface area (Å²) in [6.45, 7) is 0. The van der Waals surface area contributed by atoms with Gasteiger partial charge in [0.2, 0.25) is 5.48 Å². The van der Waals surface area contributed by atoms with Crippen LogP contribution in [-0.2, 0) is 0 Å². The number of hydrogen-bond donors (Lipinski definition) is 0. The molecule has 0 N–H and O–H groups in total. The standard InChI is InChI=1S/C8N12O9/c21-17(22)7(18(23)24)5-11-9-1-2-10-12-6(8(19(25)26)20(27)28)16(2)4-3(15(1)5)13-29-14-4/q-2. The lowest BCUT2D eigenvalue weighted by atomic mass is 10.5. The first-order valence-corrected chi connectivity index (χ1v) is 6.80. The van der Waals surface area contributed by atoms with Gasteiger partial charge < -0.3 is 19.3 Å². The van der Waals surface area contributed by atoms with Gasteiger partial charge in [0.05, 0.1) is 5.65 Å². The molecule has 148 valence electrons. The zero-order valence-corrected chi connectivity index (χ0v) is 13.0. The van der Waals surface area contributed by atoms with Crippen LogP contribution in [0.25, 0.3) is 34.2 Å². The molecule has 0 bridgehead atoms. The summed E-state index contributed by atoms with van der Waals surface area (Å²) in [6, 6.07) is 0. The minimum atomic E-state index is -1.58. The van der Waals surface area contributed by atoms with Gasteiger partial charge in [0, 0.05) is 5.65 Å². The van der Waals surface area contributed by atoms with Crippen LogP contribution in [0, 0.1) is 40.5 Å². The molecular formula is C8N12O9-2. The SMILES string of the molecule is O=[N+]([O-])C(=c1nnc2c3nnc(=C([N+](=O)[O-])[N+](=O)[O-])n3c3[n-]o[n-]c3n12)[N+](=O)[O-]. The van der Waals surface area contributed by atoms with E-state index in [-0.39, 0.29) is 0 Å². The largest absolute Gasteiger partial charge is 0.604 e. The number of nitro groups is 4. The van der Waals surface area contributed by atoms with E-state index in [9.17, 15) is 40.5 Å². The molecule has 4 heterocycles. The van der Waals surface area contributed by atoms with Crippen molar-refractivity contribution in [1.29, 1.82) is 0 Å². The topological polar surface area (TPSA) is 274 Å². The number of aromatic nitrogens is 8. The molecule has 0 aliphatic carbocycles. The zero-order valence-electron chi connectivity index (χ0n) is 13.0. The van der Waals surface area contributed by atoms with Crippen LogP contribution in [0.2, 0.25) is 0 Å². The van der Waals surface area contributed by atoms with E-state index in [1.165, 1.54) is 0 Å². The highest BCUT2D eigenvalue weighted by molar-refractivity contribution is 5.79. The first-order chi connectivity index (χ1) is 13.7. The fourth-order valence-electron chi connectivity index (χ4n) is 2.47. The number of fused-ring (bicyclic) bond motifs is 6. The zero-order chi connectivity index (χ0) is 21.0. The Morgan fingerprint density at radius 1 is 0.690 bits per heavy atom. The molecule has 0 fully saturated rings. The van der Waals surface area contributed by atoms with Crippen molar-refractivity contribution in [1.82, 2.24) is 39.5 Å². The highest BCUT2D eigenvalue weighted by Crippen LogP contribution is 2.13. The van der Waals surface area contributed by atoms with Crippen molar-refractivity contribution in [3.8, 4) is 0 Å². The summed E-state index contributed by atoms with van der Waals surface area (Å²) in [7, 11) is 0. The molecule has 0 radical (unpaired) electrons. The molecule has 0 saturated heterocycles. The van der Waals surface area contributed by atoms with E-state index in [1.54, 1.807) is 0 Å². The van der Waals surface area contributed by atoms with E-state index < -0.39 is 64.9 Å². The minimum absolute atomic E-state index is 0.450. The van der Waals surface area contributed by atoms with Crippen LogP contribution in [0.5, 0.6) is 0 Å². The van der Waals surface area contributed by atoms with Crippen molar-refractivity contribution in [3.63, 3.8) is 0 Å². The molecule has 0 aliphatic heterocycles. The molecule has 21 heteroatoms. The average molecular weight is 408 g/mol. The number of hydrogen-bond acceptors (Lipinski definition) is 13. The fourth-order valence-corrected chi connectivity index (χ4v) is 2.47. The van der Waals surface area contributed by atoms with Crippen LogP contribution in [0.3, 0.4) is 0 Å². The molecule has 0 aliphatic rings. The summed E-state index contributed by atoms with van der Waals surface area (Å²) in [5.74, 6) is -3.15. The van der Waals surface area contributed by atoms with Crippen molar-refractivity contribution in [2.45, 2.75) is 0 Å². The van der Waals surface area contributed by atoms with Gasteiger partial charge >= 0.3 is 17.1 Å². The summed E-state index contributed by atoms with van der Waals surface area (Å²) in [5.41, 5.74) is -3.66. The molecule has 29 heavy (non-hydrogen) atoms. The minimum Gasteiger partial charge on any atom is -0.522 e. The Kier molecular flexibility index (Phi) is 3.34. The fraction of sp³-hybridized carbons (Fsp3) is 0. The Labute approximate surface area is 150 Å². The normalized spacial score (nSPS) is 11.2. The smallest absolute Gasteiger partial charge is 0.522 e. The van der Waals surface area contributed by atoms with E-state index in [0.29, 0.717) is 8.80 Å². The molecule has 0 spiro atoms. The van der Waals surface area contributed by atoms with Crippen molar-refractivity contribution in [2.24, 2.45) is 0 Å². The Bertz CT molecular complexity index is 1360.